The van der Waals surface area contributed by atoms with Gasteiger partial charge in [0.15, 0.2) is 0 Å². The Balaban J connectivity index is 2.27. The summed E-state index contributed by atoms with van der Waals surface area (Å²) in [6.07, 6.45) is 0.591. The van der Waals surface area contributed by atoms with E-state index < -0.39 is 0 Å². The first-order chi connectivity index (χ1) is 8.15. The maximum atomic E-state index is 12.1. The van der Waals surface area contributed by atoms with Gasteiger partial charge >= 0.3 is 0 Å². The maximum absolute atomic E-state index is 12.1. The standard InChI is InChI=1S/C13H17ClN2O/c1-9-10(8-15-2)7-13(17)16(9)12-6-4-3-5-11(12)14/h3-6,9-10,15H,7-8H2,1-2H3. The van der Waals surface area contributed by atoms with Gasteiger partial charge in [0.1, 0.15) is 0 Å². The Bertz CT molecular complexity index is 422. The van der Waals surface area contributed by atoms with Crippen molar-refractivity contribution in [1.29, 1.82) is 0 Å². The van der Waals surface area contributed by atoms with Gasteiger partial charge in [-0.05, 0) is 26.1 Å². The molecule has 1 aliphatic heterocycles. The van der Waals surface area contributed by atoms with E-state index >= 15 is 0 Å². The Morgan fingerprint density at radius 3 is 2.82 bits per heavy atom. The Labute approximate surface area is 107 Å². The van der Waals surface area contributed by atoms with E-state index in [1.165, 1.54) is 0 Å². The molecule has 1 aromatic carbocycles. The van der Waals surface area contributed by atoms with E-state index in [0.29, 0.717) is 17.4 Å². The molecule has 17 heavy (non-hydrogen) atoms. The zero-order valence-electron chi connectivity index (χ0n) is 10.1. The van der Waals surface area contributed by atoms with E-state index in [2.05, 4.69) is 12.2 Å². The van der Waals surface area contributed by atoms with E-state index in [9.17, 15) is 4.79 Å². The Hall–Kier alpha value is -1.06. The third-order valence-electron chi connectivity index (χ3n) is 3.37. The zero-order valence-corrected chi connectivity index (χ0v) is 10.9. The molecule has 1 amide bonds. The van der Waals surface area contributed by atoms with Crippen LogP contribution in [0.3, 0.4) is 0 Å². The first-order valence-corrected chi connectivity index (χ1v) is 6.24. The zero-order chi connectivity index (χ0) is 12.4. The van der Waals surface area contributed by atoms with Crippen molar-refractivity contribution in [2.75, 3.05) is 18.5 Å². The van der Waals surface area contributed by atoms with Gasteiger partial charge in [-0.25, -0.2) is 0 Å². The van der Waals surface area contributed by atoms with Crippen molar-refractivity contribution in [2.24, 2.45) is 5.92 Å². The van der Waals surface area contributed by atoms with Crippen LogP contribution in [0.2, 0.25) is 5.02 Å². The molecule has 0 aliphatic carbocycles. The van der Waals surface area contributed by atoms with Crippen molar-refractivity contribution in [1.82, 2.24) is 5.32 Å². The summed E-state index contributed by atoms with van der Waals surface area (Å²) in [5.41, 5.74) is 0.824. The number of benzene rings is 1. The van der Waals surface area contributed by atoms with Gasteiger partial charge in [0.05, 0.1) is 10.7 Å². The molecule has 1 heterocycles. The summed E-state index contributed by atoms with van der Waals surface area (Å²) in [5, 5.41) is 3.77. The van der Waals surface area contributed by atoms with Gasteiger partial charge in [-0.3, -0.25) is 4.79 Å². The minimum atomic E-state index is 0.158. The normalized spacial score (nSPS) is 24.4. The van der Waals surface area contributed by atoms with Crippen molar-refractivity contribution in [3.05, 3.63) is 29.3 Å². The number of nitrogens with one attached hydrogen (secondary N) is 1. The number of carbonyl (C=O) groups excluding carboxylic acids is 1. The molecule has 92 valence electrons. The van der Waals surface area contributed by atoms with Gasteiger partial charge in [-0.1, -0.05) is 23.7 Å². The SMILES string of the molecule is CNCC1CC(=O)N(c2ccccc2Cl)C1C. The average molecular weight is 253 g/mol. The van der Waals surface area contributed by atoms with Crippen LogP contribution in [0.15, 0.2) is 24.3 Å². The quantitative estimate of drug-likeness (QED) is 0.895. The number of para-hydroxylation sites is 1. The van der Waals surface area contributed by atoms with Gasteiger partial charge in [-0.15, -0.1) is 0 Å². The number of rotatable bonds is 3. The second-order valence-electron chi connectivity index (χ2n) is 4.48. The summed E-state index contributed by atoms with van der Waals surface area (Å²) in [6, 6.07) is 7.70. The van der Waals surface area contributed by atoms with Crippen LogP contribution in [-0.4, -0.2) is 25.5 Å². The Morgan fingerprint density at radius 2 is 2.18 bits per heavy atom. The molecule has 2 atom stereocenters. The summed E-state index contributed by atoms with van der Waals surface area (Å²) >= 11 is 6.15. The molecule has 0 saturated carbocycles. The Kier molecular flexibility index (Phi) is 3.69. The second-order valence-corrected chi connectivity index (χ2v) is 4.88. The van der Waals surface area contributed by atoms with E-state index in [0.717, 1.165) is 12.2 Å². The molecule has 2 unspecified atom stereocenters. The van der Waals surface area contributed by atoms with Crippen LogP contribution in [-0.2, 0) is 4.79 Å². The van der Waals surface area contributed by atoms with Gasteiger partial charge in [0.2, 0.25) is 5.91 Å². The van der Waals surface area contributed by atoms with Crippen LogP contribution < -0.4 is 10.2 Å². The molecule has 1 aliphatic rings. The van der Waals surface area contributed by atoms with Crippen LogP contribution in [0.1, 0.15) is 13.3 Å². The van der Waals surface area contributed by atoms with Crippen molar-refractivity contribution in [3.8, 4) is 0 Å². The van der Waals surface area contributed by atoms with Gasteiger partial charge < -0.3 is 10.2 Å². The molecule has 1 aromatic rings. The van der Waals surface area contributed by atoms with Crippen LogP contribution in [0, 0.1) is 5.92 Å². The summed E-state index contributed by atoms with van der Waals surface area (Å²) in [4.78, 5) is 13.9. The molecule has 2 rings (SSSR count). The summed E-state index contributed by atoms with van der Waals surface area (Å²) < 4.78 is 0. The molecule has 0 spiro atoms. The van der Waals surface area contributed by atoms with E-state index in [4.69, 9.17) is 11.6 Å². The lowest BCUT2D eigenvalue weighted by Crippen LogP contribution is -2.35. The minimum Gasteiger partial charge on any atom is -0.319 e. The number of hydrogen-bond donors (Lipinski definition) is 1. The number of hydrogen-bond acceptors (Lipinski definition) is 2. The maximum Gasteiger partial charge on any atom is 0.227 e. The fourth-order valence-electron chi connectivity index (χ4n) is 2.44. The van der Waals surface area contributed by atoms with E-state index in [1.54, 1.807) is 0 Å². The van der Waals surface area contributed by atoms with Gasteiger partial charge in [0.25, 0.3) is 0 Å². The molecule has 1 N–H and O–H groups in total. The highest BCUT2D eigenvalue weighted by Gasteiger charge is 2.37. The molecule has 0 radical (unpaired) electrons. The average Bonchev–Trinajstić information content (AvgIpc) is 2.57. The van der Waals surface area contributed by atoms with Crippen molar-refractivity contribution in [3.63, 3.8) is 0 Å². The highest BCUT2D eigenvalue weighted by molar-refractivity contribution is 6.33. The molecule has 1 saturated heterocycles. The second kappa shape index (κ2) is 5.07. The molecule has 4 heteroatoms. The number of halogens is 1. The molecule has 3 nitrogen and oxygen atoms in total. The van der Waals surface area contributed by atoms with Crippen LogP contribution in [0.25, 0.3) is 0 Å². The highest BCUT2D eigenvalue weighted by Crippen LogP contribution is 2.34. The number of carbonyl (C=O) groups is 1. The van der Waals surface area contributed by atoms with Gasteiger partial charge in [-0.2, -0.15) is 0 Å². The van der Waals surface area contributed by atoms with Crippen molar-refractivity contribution in [2.45, 2.75) is 19.4 Å². The predicted molar refractivity (Wildman–Crippen MR) is 70.4 cm³/mol. The number of amides is 1. The molecular weight excluding hydrogens is 236 g/mol. The summed E-state index contributed by atoms with van der Waals surface area (Å²) in [5.74, 6) is 0.509. The lowest BCUT2D eigenvalue weighted by atomic mass is 10.0. The largest absolute Gasteiger partial charge is 0.319 e. The lowest BCUT2D eigenvalue weighted by Gasteiger charge is -2.25. The first kappa shape index (κ1) is 12.4. The van der Waals surface area contributed by atoms with Crippen LogP contribution >= 0.6 is 11.6 Å². The van der Waals surface area contributed by atoms with E-state index in [-0.39, 0.29) is 11.9 Å². The molecule has 1 fully saturated rings. The monoisotopic (exact) mass is 252 g/mol. The smallest absolute Gasteiger partial charge is 0.227 e. The predicted octanol–water partition coefficient (Wildman–Crippen LogP) is 2.30. The van der Waals surface area contributed by atoms with Gasteiger partial charge in [0, 0.05) is 24.9 Å². The lowest BCUT2D eigenvalue weighted by molar-refractivity contribution is -0.117. The first-order valence-electron chi connectivity index (χ1n) is 5.86. The van der Waals surface area contributed by atoms with Crippen molar-refractivity contribution < 1.29 is 4.79 Å². The third kappa shape index (κ3) is 2.31. The number of nitrogens with zero attached hydrogens (tertiary/aromatic N) is 1. The van der Waals surface area contributed by atoms with E-state index in [1.807, 2.05) is 36.2 Å². The minimum absolute atomic E-state index is 0.158. The Morgan fingerprint density at radius 1 is 1.47 bits per heavy atom. The van der Waals surface area contributed by atoms with Crippen molar-refractivity contribution >= 4 is 23.2 Å². The fraction of sp³-hybridized carbons (Fsp3) is 0.462. The van der Waals surface area contributed by atoms with Crippen LogP contribution in [0.5, 0.6) is 0 Å². The number of anilines is 1. The summed E-state index contributed by atoms with van der Waals surface area (Å²) in [7, 11) is 1.91. The highest BCUT2D eigenvalue weighted by atomic mass is 35.5. The topological polar surface area (TPSA) is 32.3 Å². The fourth-order valence-corrected chi connectivity index (χ4v) is 2.66. The molecular formula is C13H17ClN2O. The summed E-state index contributed by atoms with van der Waals surface area (Å²) in [6.45, 7) is 2.93. The molecule has 0 aromatic heterocycles. The van der Waals surface area contributed by atoms with Crippen LogP contribution in [0.4, 0.5) is 5.69 Å². The molecule has 0 bridgehead atoms. The third-order valence-corrected chi connectivity index (χ3v) is 3.69.